The molecular weight excluding hydrogens is 665 g/mol. The highest BCUT2D eigenvalue weighted by atomic mass is 35.5. The van der Waals surface area contributed by atoms with Gasteiger partial charge in [0.15, 0.2) is 5.82 Å². The van der Waals surface area contributed by atoms with Crippen LogP contribution in [0.25, 0.3) is 32.9 Å². The first-order valence-electron chi connectivity index (χ1n) is 15.1. The predicted octanol–water partition coefficient (Wildman–Crippen LogP) is 3.64. The molecule has 2 N–H and O–H groups in total. The van der Waals surface area contributed by atoms with Gasteiger partial charge in [-0.2, -0.15) is 13.5 Å². The van der Waals surface area contributed by atoms with Gasteiger partial charge in [-0.25, -0.2) is 9.37 Å². The maximum Gasteiger partial charge on any atom is 0.261 e. The van der Waals surface area contributed by atoms with Crippen molar-refractivity contribution < 1.29 is 31.7 Å². The van der Waals surface area contributed by atoms with Gasteiger partial charge in [-0.15, -0.1) is 0 Å². The van der Waals surface area contributed by atoms with E-state index in [1.54, 1.807) is 22.1 Å². The first-order chi connectivity index (χ1) is 22.6. The number of amides is 2. The molecular formula is C32H35ClFN7O6S. The number of aromatic amines is 1. The summed E-state index contributed by atoms with van der Waals surface area (Å²) in [7, 11) is 0.178. The van der Waals surface area contributed by atoms with Gasteiger partial charge in [-0.05, 0) is 51.7 Å². The largest absolute Gasteiger partial charge is 0.470 e. The summed E-state index contributed by atoms with van der Waals surface area (Å²) in [6, 6.07) is 4.63. The number of nitrogens with zero attached hydrogens (tertiary/aromatic N) is 6. The first kappa shape index (κ1) is 33.6. The van der Waals surface area contributed by atoms with Crippen LogP contribution in [0.2, 0.25) is 5.02 Å². The number of H-pyrrole nitrogens is 1. The topological polar surface area (TPSA) is 152 Å². The molecule has 48 heavy (non-hydrogen) atoms. The van der Waals surface area contributed by atoms with Crippen LogP contribution < -0.4 is 14.5 Å². The van der Waals surface area contributed by atoms with Crippen molar-refractivity contribution in [3.05, 3.63) is 53.5 Å². The zero-order valence-corrected chi connectivity index (χ0v) is 28.6. The van der Waals surface area contributed by atoms with E-state index in [0.717, 1.165) is 16.5 Å². The van der Waals surface area contributed by atoms with Gasteiger partial charge in [0.25, 0.3) is 16.0 Å². The van der Waals surface area contributed by atoms with Gasteiger partial charge in [0.1, 0.15) is 23.3 Å². The van der Waals surface area contributed by atoms with Gasteiger partial charge in [-0.1, -0.05) is 24.2 Å². The number of fused-ring (bicyclic) bond motifs is 5. The van der Waals surface area contributed by atoms with Gasteiger partial charge in [-0.3, -0.25) is 19.2 Å². The van der Waals surface area contributed by atoms with E-state index in [9.17, 15) is 18.0 Å². The van der Waals surface area contributed by atoms with Crippen molar-refractivity contribution in [1.82, 2.24) is 25.0 Å². The Kier molecular flexibility index (Phi) is 8.60. The monoisotopic (exact) mass is 699 g/mol. The van der Waals surface area contributed by atoms with Gasteiger partial charge < -0.3 is 24.3 Å². The van der Waals surface area contributed by atoms with E-state index < -0.39 is 22.0 Å². The number of aromatic nitrogens is 3. The van der Waals surface area contributed by atoms with E-state index in [2.05, 4.69) is 16.8 Å². The smallest absolute Gasteiger partial charge is 0.261 e. The molecule has 13 nitrogen and oxygen atoms in total. The molecule has 1 saturated heterocycles. The molecule has 2 aromatic carbocycles. The summed E-state index contributed by atoms with van der Waals surface area (Å²) in [6.45, 7) is 8.83. The second kappa shape index (κ2) is 12.3. The third-order valence-electron chi connectivity index (χ3n) is 8.71. The predicted molar refractivity (Wildman–Crippen MR) is 182 cm³/mol. The van der Waals surface area contributed by atoms with Crippen LogP contribution in [0.5, 0.6) is 5.88 Å². The summed E-state index contributed by atoms with van der Waals surface area (Å²) in [5.74, 6) is -0.762. The third-order valence-corrected chi connectivity index (χ3v) is 9.01. The lowest BCUT2D eigenvalue weighted by Crippen LogP contribution is -2.67. The molecule has 0 unspecified atom stereocenters. The Labute approximate surface area is 281 Å². The maximum atomic E-state index is 16.9. The van der Waals surface area contributed by atoms with E-state index in [-0.39, 0.29) is 52.5 Å². The SMILES string of the molecule is C=CC(=O)N1C[C@@H]2C(=O)N3C[C@@H](CN(C)C)Oc4nc5c(F)c(-c6c(C)ccc7[nH]ncc67)c(Cl)cc5c(c43)N2C[C@H]1C.CS(=O)(=O)O. The van der Waals surface area contributed by atoms with Crippen molar-refractivity contribution in [3.8, 4) is 17.0 Å². The van der Waals surface area contributed by atoms with Crippen molar-refractivity contribution in [3.63, 3.8) is 0 Å². The fourth-order valence-corrected chi connectivity index (χ4v) is 7.10. The van der Waals surface area contributed by atoms with Gasteiger partial charge in [0.2, 0.25) is 11.8 Å². The fourth-order valence-electron chi connectivity index (χ4n) is 6.82. The van der Waals surface area contributed by atoms with Crippen LogP contribution >= 0.6 is 11.6 Å². The number of ether oxygens (including phenoxy) is 1. The number of benzene rings is 2. The van der Waals surface area contributed by atoms with Crippen molar-refractivity contribution in [2.45, 2.75) is 32.0 Å². The van der Waals surface area contributed by atoms with Crippen LogP contribution in [0.15, 0.2) is 37.1 Å². The Hall–Kier alpha value is -4.31. The lowest BCUT2D eigenvalue weighted by Gasteiger charge is -2.52. The van der Waals surface area contributed by atoms with Crippen molar-refractivity contribution in [1.29, 1.82) is 0 Å². The lowest BCUT2D eigenvalue weighted by molar-refractivity contribution is -0.131. The van der Waals surface area contributed by atoms with E-state index in [1.165, 1.54) is 6.08 Å². The summed E-state index contributed by atoms with van der Waals surface area (Å²) in [6.07, 6.45) is 3.26. The quantitative estimate of drug-likeness (QED) is 0.239. The zero-order chi connectivity index (χ0) is 34.8. The summed E-state index contributed by atoms with van der Waals surface area (Å²) < 4.78 is 49.2. The van der Waals surface area contributed by atoms with E-state index in [1.807, 2.05) is 49.9 Å². The highest BCUT2D eigenvalue weighted by Gasteiger charge is 2.49. The molecule has 7 rings (SSSR count). The molecule has 4 aromatic rings. The summed E-state index contributed by atoms with van der Waals surface area (Å²) in [4.78, 5) is 38.9. The van der Waals surface area contributed by atoms with Crippen LogP contribution in [0.3, 0.4) is 0 Å². The highest BCUT2D eigenvalue weighted by molar-refractivity contribution is 7.85. The standard InChI is InChI=1S/C31H31ClFN7O3.CH4O3S/c1-6-23(41)38-14-22-31(42)40-13-17(12-37(4)5)43-30-29(40)28(39(22)11-16(38)3)18-9-20(32)25(26(33)27(18)35-30)24-15(2)7-8-21-19(24)10-34-36-21;1-5(2,3)4/h6-10,16-17,22H,1,11-14H2,2-5H3,(H,34,36);1H3,(H,2,3,4)/t16-,17-,22-;/m1./s1. The minimum Gasteiger partial charge on any atom is -0.470 e. The third kappa shape index (κ3) is 5.84. The molecule has 0 radical (unpaired) electrons. The number of carbonyl (C=O) groups is 2. The van der Waals surface area contributed by atoms with Gasteiger partial charge in [0.05, 0.1) is 41.8 Å². The molecule has 3 aliphatic heterocycles. The number of nitrogens with one attached hydrogen (secondary N) is 1. The molecule has 5 heterocycles. The Morgan fingerprint density at radius 3 is 2.60 bits per heavy atom. The minimum absolute atomic E-state index is 0.101. The van der Waals surface area contributed by atoms with Crippen molar-refractivity contribution >= 4 is 66.7 Å². The average molecular weight is 700 g/mol. The van der Waals surface area contributed by atoms with Crippen LogP contribution in [0, 0.1) is 12.7 Å². The second-order valence-corrected chi connectivity index (χ2v) is 14.4. The Bertz CT molecular complexity index is 2100. The highest BCUT2D eigenvalue weighted by Crippen LogP contribution is 2.52. The number of aryl methyl sites for hydroxylation is 1. The molecule has 0 saturated carbocycles. The van der Waals surface area contributed by atoms with E-state index in [0.29, 0.717) is 48.2 Å². The number of hydrogen-bond acceptors (Lipinski definition) is 9. The number of rotatable bonds is 4. The molecule has 2 amide bonds. The molecule has 254 valence electrons. The minimum atomic E-state index is -3.67. The Morgan fingerprint density at radius 1 is 1.23 bits per heavy atom. The van der Waals surface area contributed by atoms with Crippen molar-refractivity contribution in [2.24, 2.45) is 0 Å². The van der Waals surface area contributed by atoms with Crippen LogP contribution in [0.1, 0.15) is 12.5 Å². The average Bonchev–Trinajstić information content (AvgIpc) is 3.48. The first-order valence-corrected chi connectivity index (χ1v) is 17.3. The molecule has 0 aliphatic carbocycles. The summed E-state index contributed by atoms with van der Waals surface area (Å²) >= 11 is 6.95. The Balaban J connectivity index is 0.000000749. The van der Waals surface area contributed by atoms with Crippen LogP contribution in [-0.4, -0.2) is 114 Å². The molecule has 16 heteroatoms. The number of likely N-dealkylation sites (N-methyl/N-ethyl adjacent to an activating group) is 1. The molecule has 0 spiro atoms. The van der Waals surface area contributed by atoms with E-state index in [4.69, 9.17) is 25.9 Å². The van der Waals surface area contributed by atoms with Gasteiger partial charge in [0, 0.05) is 41.0 Å². The van der Waals surface area contributed by atoms with Crippen LogP contribution in [0.4, 0.5) is 15.8 Å². The summed E-state index contributed by atoms with van der Waals surface area (Å²) in [5, 5.41) is 8.55. The molecule has 3 atom stereocenters. The van der Waals surface area contributed by atoms with Gasteiger partial charge >= 0.3 is 0 Å². The second-order valence-electron chi connectivity index (χ2n) is 12.5. The van der Waals surface area contributed by atoms with Crippen molar-refractivity contribution in [2.75, 3.05) is 56.3 Å². The maximum absolute atomic E-state index is 16.9. The molecule has 2 aromatic heterocycles. The molecule has 3 aliphatic rings. The number of piperazine rings is 1. The number of hydrogen-bond donors (Lipinski definition) is 2. The summed E-state index contributed by atoms with van der Waals surface area (Å²) in [5.41, 5.74) is 3.71. The number of carbonyl (C=O) groups excluding carboxylic acids is 2. The fraction of sp³-hybridized carbons (Fsp3) is 0.375. The Morgan fingerprint density at radius 2 is 1.94 bits per heavy atom. The number of halogens is 2. The molecule has 1 fully saturated rings. The zero-order valence-electron chi connectivity index (χ0n) is 27.0. The van der Waals surface area contributed by atoms with Crippen LogP contribution in [-0.2, 0) is 19.7 Å². The molecule has 0 bridgehead atoms. The number of pyridine rings is 1. The number of anilines is 2. The normalized spacial score (nSPS) is 20.3. The lowest BCUT2D eigenvalue weighted by atomic mass is 9.93. The van der Waals surface area contributed by atoms with E-state index >= 15 is 4.39 Å².